The van der Waals surface area contributed by atoms with Crippen LogP contribution in [0.15, 0.2) is 53.6 Å². The second-order valence-corrected chi connectivity index (χ2v) is 10.5. The van der Waals surface area contributed by atoms with Gasteiger partial charge in [-0.25, -0.2) is 13.9 Å². The van der Waals surface area contributed by atoms with Crippen LogP contribution in [-0.4, -0.2) is 50.4 Å². The summed E-state index contributed by atoms with van der Waals surface area (Å²) in [5.74, 6) is -0.342. The number of hydrogen-bond acceptors (Lipinski definition) is 8. The largest absolute Gasteiger partial charge is 0.481 e. The quantitative estimate of drug-likeness (QED) is 0.0752. The summed E-state index contributed by atoms with van der Waals surface area (Å²) >= 11 is 0. The Bertz CT molecular complexity index is 888. The smallest absolute Gasteiger partial charge is 0.462 e. The van der Waals surface area contributed by atoms with Crippen molar-refractivity contribution in [2.24, 2.45) is 0 Å². The minimum absolute atomic E-state index is 0.256. The summed E-state index contributed by atoms with van der Waals surface area (Å²) in [6.07, 6.45) is 5.53. The van der Waals surface area contributed by atoms with Crippen LogP contribution in [0.5, 0.6) is 0 Å². The maximum atomic E-state index is 11.4. The Morgan fingerprint density at radius 2 is 1.63 bits per heavy atom. The maximum absolute atomic E-state index is 11.4. The van der Waals surface area contributed by atoms with Gasteiger partial charge in [0.2, 0.25) is 0 Å². The zero-order chi connectivity index (χ0) is 26.9. The SMILES string of the molecule is CC(C)=CCC/C(C)=C/COP(=O)(O)OP(=O)(O)O.O=C(OCCCCC(O)O)c1ccccc1. The summed E-state index contributed by atoms with van der Waals surface area (Å²) < 4.78 is 34.5. The van der Waals surface area contributed by atoms with Crippen molar-refractivity contribution in [3.8, 4) is 0 Å². The Labute approximate surface area is 205 Å². The van der Waals surface area contributed by atoms with Crippen LogP contribution < -0.4 is 0 Å². The minimum Gasteiger partial charge on any atom is -0.462 e. The predicted molar refractivity (Wildman–Crippen MR) is 130 cm³/mol. The lowest BCUT2D eigenvalue weighted by molar-refractivity contribution is -0.0471. The topological polar surface area (TPSA) is 180 Å². The Morgan fingerprint density at radius 1 is 1.00 bits per heavy atom. The summed E-state index contributed by atoms with van der Waals surface area (Å²) in [4.78, 5) is 37.2. The van der Waals surface area contributed by atoms with Crippen molar-refractivity contribution in [3.63, 3.8) is 0 Å². The predicted octanol–water partition coefficient (Wildman–Crippen LogP) is 4.23. The minimum atomic E-state index is -5.05. The van der Waals surface area contributed by atoms with Crippen molar-refractivity contribution >= 4 is 21.6 Å². The van der Waals surface area contributed by atoms with E-state index in [1.54, 1.807) is 30.3 Å². The third kappa shape index (κ3) is 21.4. The molecule has 5 N–H and O–H groups in total. The van der Waals surface area contributed by atoms with Crippen molar-refractivity contribution in [3.05, 3.63) is 59.2 Å². The molecule has 1 aromatic carbocycles. The normalized spacial score (nSPS) is 13.5. The first-order valence-corrected chi connectivity index (χ1v) is 13.9. The highest BCUT2D eigenvalue weighted by molar-refractivity contribution is 7.60. The third-order valence-electron chi connectivity index (χ3n) is 4.07. The number of rotatable bonds is 14. The average Bonchev–Trinajstić information content (AvgIpc) is 2.72. The Kier molecular flexibility index (Phi) is 16.9. The van der Waals surface area contributed by atoms with Gasteiger partial charge in [0.05, 0.1) is 18.8 Å². The molecular formula is C22H36O11P2. The molecule has 35 heavy (non-hydrogen) atoms. The molecule has 0 saturated carbocycles. The van der Waals surface area contributed by atoms with E-state index in [4.69, 9.17) is 29.6 Å². The van der Waals surface area contributed by atoms with Crippen LogP contribution >= 0.6 is 15.6 Å². The molecule has 13 heteroatoms. The van der Waals surface area contributed by atoms with E-state index in [9.17, 15) is 13.9 Å². The average molecular weight is 538 g/mol. The highest BCUT2D eigenvalue weighted by Gasteiger charge is 2.31. The molecule has 0 aliphatic heterocycles. The fraction of sp³-hybridized carbons (Fsp3) is 0.500. The van der Waals surface area contributed by atoms with E-state index in [1.165, 1.54) is 5.57 Å². The Balaban J connectivity index is 0.000000669. The first-order valence-electron chi connectivity index (χ1n) is 10.8. The lowest BCUT2D eigenvalue weighted by atomic mass is 10.1. The summed E-state index contributed by atoms with van der Waals surface area (Å²) in [6, 6.07) is 8.77. The van der Waals surface area contributed by atoms with Crippen molar-refractivity contribution < 1.29 is 52.4 Å². The molecule has 0 fully saturated rings. The monoisotopic (exact) mass is 538 g/mol. The van der Waals surface area contributed by atoms with Crippen LogP contribution in [0, 0.1) is 0 Å². The first kappa shape index (κ1) is 33.4. The second kappa shape index (κ2) is 17.7. The second-order valence-electron chi connectivity index (χ2n) is 7.69. The van der Waals surface area contributed by atoms with Crippen LogP contribution in [0.3, 0.4) is 0 Å². The fourth-order valence-electron chi connectivity index (χ4n) is 2.37. The van der Waals surface area contributed by atoms with Gasteiger partial charge in [0.25, 0.3) is 0 Å². The molecule has 0 radical (unpaired) electrons. The third-order valence-corrected chi connectivity index (χ3v) is 6.22. The molecule has 200 valence electrons. The molecule has 0 amide bonds. The van der Waals surface area contributed by atoms with E-state index in [2.05, 4.69) is 14.9 Å². The maximum Gasteiger partial charge on any atom is 0.481 e. The molecule has 1 unspecified atom stereocenters. The van der Waals surface area contributed by atoms with E-state index in [0.717, 1.165) is 18.4 Å². The number of unbranched alkanes of at least 4 members (excludes halogenated alkanes) is 1. The van der Waals surface area contributed by atoms with Crippen molar-refractivity contribution in [2.45, 2.75) is 59.2 Å². The molecule has 0 bridgehead atoms. The van der Waals surface area contributed by atoms with Gasteiger partial charge in [0.15, 0.2) is 6.29 Å². The van der Waals surface area contributed by atoms with Crippen LogP contribution in [0.2, 0.25) is 0 Å². The van der Waals surface area contributed by atoms with Gasteiger partial charge in [0.1, 0.15) is 0 Å². The number of esters is 1. The van der Waals surface area contributed by atoms with Crippen LogP contribution in [-0.2, 0) is 22.7 Å². The number of hydrogen-bond donors (Lipinski definition) is 5. The van der Waals surface area contributed by atoms with Gasteiger partial charge in [-0.2, -0.15) is 4.31 Å². The molecule has 0 heterocycles. The lowest BCUT2D eigenvalue weighted by Gasteiger charge is -2.11. The molecule has 1 aromatic rings. The molecule has 1 atom stereocenters. The lowest BCUT2D eigenvalue weighted by Crippen LogP contribution is -2.08. The summed E-state index contributed by atoms with van der Waals surface area (Å²) in [6.45, 7) is 5.86. The fourth-order valence-corrected chi connectivity index (χ4v) is 3.90. The van der Waals surface area contributed by atoms with Gasteiger partial charge in [-0.1, -0.05) is 41.5 Å². The number of carbonyl (C=O) groups is 1. The number of carbonyl (C=O) groups excluding carboxylic acids is 1. The Morgan fingerprint density at radius 3 is 2.17 bits per heavy atom. The van der Waals surface area contributed by atoms with Crippen molar-refractivity contribution in [2.75, 3.05) is 13.2 Å². The van der Waals surface area contributed by atoms with Crippen molar-refractivity contribution in [1.29, 1.82) is 0 Å². The highest BCUT2D eigenvalue weighted by Crippen LogP contribution is 2.57. The number of phosphoric acid groups is 2. The van der Waals surface area contributed by atoms with Crippen LogP contribution in [0.1, 0.15) is 63.2 Å². The summed E-state index contributed by atoms with van der Waals surface area (Å²) in [5, 5.41) is 17.2. The standard InChI is InChI=1S/C12H16O4.C10H20O7P2/c13-11(14)8-4-5-9-16-12(15)10-6-2-1-3-7-10;1-9(2)5-4-6-10(3)7-8-16-19(14,15)17-18(11,12)13/h1-3,6-7,11,13-14H,4-5,8-9H2;5,7H,4,6,8H2,1-3H3,(H,14,15)(H2,11,12,13)/b;10-7+. The van der Waals surface area contributed by atoms with Gasteiger partial charge in [0, 0.05) is 0 Å². The number of allylic oxidation sites excluding steroid dienone is 3. The zero-order valence-corrected chi connectivity index (χ0v) is 21.9. The summed E-state index contributed by atoms with van der Waals surface area (Å²) in [7, 11) is -9.78. The van der Waals surface area contributed by atoms with Crippen LogP contribution in [0.4, 0.5) is 0 Å². The molecular weight excluding hydrogens is 502 g/mol. The van der Waals surface area contributed by atoms with Gasteiger partial charge in [-0.3, -0.25) is 4.52 Å². The molecule has 0 spiro atoms. The van der Waals surface area contributed by atoms with Gasteiger partial charge < -0.3 is 29.6 Å². The number of ether oxygens (including phenoxy) is 1. The Hall–Kier alpha value is -1.65. The molecule has 0 aliphatic carbocycles. The van der Waals surface area contributed by atoms with Gasteiger partial charge in [-0.15, -0.1) is 0 Å². The first-order chi connectivity index (χ1) is 16.2. The van der Waals surface area contributed by atoms with Gasteiger partial charge >= 0.3 is 21.6 Å². The highest BCUT2D eigenvalue weighted by atomic mass is 31.3. The van der Waals surface area contributed by atoms with E-state index in [0.29, 0.717) is 31.4 Å². The van der Waals surface area contributed by atoms with E-state index < -0.39 is 21.9 Å². The molecule has 1 rings (SSSR count). The van der Waals surface area contributed by atoms with E-state index in [-0.39, 0.29) is 12.6 Å². The molecule has 0 aliphatic rings. The number of phosphoric ester groups is 1. The zero-order valence-electron chi connectivity index (χ0n) is 20.1. The van der Waals surface area contributed by atoms with Crippen LogP contribution in [0.25, 0.3) is 0 Å². The number of aliphatic hydroxyl groups is 2. The molecule has 11 nitrogen and oxygen atoms in total. The molecule has 0 aromatic heterocycles. The van der Waals surface area contributed by atoms with E-state index >= 15 is 0 Å². The van der Waals surface area contributed by atoms with Gasteiger partial charge in [-0.05, 0) is 65.0 Å². The van der Waals surface area contributed by atoms with E-state index in [1.807, 2.05) is 26.8 Å². The number of aliphatic hydroxyl groups excluding tert-OH is 1. The summed E-state index contributed by atoms with van der Waals surface area (Å²) in [5.41, 5.74) is 2.68. The molecule has 0 saturated heterocycles. The van der Waals surface area contributed by atoms with Crippen molar-refractivity contribution in [1.82, 2.24) is 0 Å². The number of benzene rings is 1.